The Hall–Kier alpha value is -14.7. The van der Waals surface area contributed by atoms with Crippen LogP contribution in [0.25, 0.3) is 21.5 Å². The van der Waals surface area contributed by atoms with E-state index in [4.69, 9.17) is 72.7 Å². The monoisotopic (exact) mass is 2090 g/mol. The van der Waals surface area contributed by atoms with Gasteiger partial charge in [0.1, 0.15) is 56.9 Å². The fourth-order valence-corrected chi connectivity index (χ4v) is 15.7. The maximum absolute atomic E-state index is 12.8. The number of aromatic nitrogens is 6. The third kappa shape index (κ3) is 36.1. The van der Waals surface area contributed by atoms with Crippen molar-refractivity contribution in [2.45, 2.75) is 227 Å². The van der Waals surface area contributed by atoms with Gasteiger partial charge in [-0.1, -0.05) is 62.3 Å². The van der Waals surface area contributed by atoms with Gasteiger partial charge in [0, 0.05) is 136 Å². The van der Waals surface area contributed by atoms with Crippen molar-refractivity contribution in [2.24, 2.45) is 31.5 Å². The fraction of sp³-hybridized carbons (Fsp3) is 0.480. The summed E-state index contributed by atoms with van der Waals surface area (Å²) in [4.78, 5) is 179. The summed E-state index contributed by atoms with van der Waals surface area (Å²) < 4.78 is 73.0. The number of carbonyl (C=O) groups excluding carboxylic acids is 7. The zero-order valence-electron chi connectivity index (χ0n) is 86.0. The Kier molecular flexibility index (Phi) is 48.5. The number of anilines is 2. The highest BCUT2D eigenvalue weighted by Crippen LogP contribution is 2.41. The molecule has 3 unspecified atom stereocenters. The van der Waals surface area contributed by atoms with Crippen molar-refractivity contribution in [2.75, 3.05) is 103 Å². The lowest BCUT2D eigenvalue weighted by Crippen LogP contribution is -2.40. The number of carboxylic acid groups (broad SMARTS) is 1. The predicted molar refractivity (Wildman–Crippen MR) is 545 cm³/mol. The van der Waals surface area contributed by atoms with Crippen LogP contribution in [0.15, 0.2) is 198 Å². The molecule has 12 rings (SSSR count). The third-order valence-corrected chi connectivity index (χ3v) is 23.7. The Morgan fingerprint density at radius 2 is 0.773 bits per heavy atom. The highest BCUT2D eigenvalue weighted by molar-refractivity contribution is 5.99. The van der Waals surface area contributed by atoms with Crippen molar-refractivity contribution in [1.82, 2.24) is 39.3 Å². The second-order valence-corrected chi connectivity index (χ2v) is 34.4. The number of non-ortho nitro benzene ring substituents is 2. The molecule has 6 heterocycles. The van der Waals surface area contributed by atoms with Crippen LogP contribution in [0.3, 0.4) is 0 Å². The average Bonchev–Trinajstić information content (AvgIpc) is 1.58. The number of fused-ring (bicyclic) bond motifs is 2. The number of carbonyl (C=O) groups is 8. The van der Waals surface area contributed by atoms with Crippen LogP contribution in [0.2, 0.25) is 0 Å². The van der Waals surface area contributed by atoms with Crippen LogP contribution >= 0.6 is 0 Å². The SMILES string of the molecule is CCN(CCON)c1ccc(N=Nc2ccc([N+](=O)[O-])c3ccccc23)cc1.CC[C@H]1O[C@@H](n2ccc(C)nc2=O)[C@@H](OCOCC/C(C)=N/OCCN(CC)c2ccc(N=Nc3ccc([N+](=O)[O-])c4ccccc34)cc2)C1OC(=O)CCC(=O)NC.CC[C@H]1O[C@@H](n2ccc(C)nc2=O)[C@@H](OCOCCC(C)=O)C1OC(=O)CCC(=O)NC.CC[C@H]1O[C@@H](n2ccc(C)nc2=O)[C@@H](OCOCCC(C)=O)C1OC(=O)CCC(=O)O. The van der Waals surface area contributed by atoms with Gasteiger partial charge in [-0.25, -0.2) is 20.3 Å². The van der Waals surface area contributed by atoms with Crippen molar-refractivity contribution < 1.29 is 120 Å². The number of benzene rings is 6. The van der Waals surface area contributed by atoms with E-state index < -0.39 is 124 Å². The van der Waals surface area contributed by atoms with Crippen LogP contribution in [-0.4, -0.2) is 245 Å². The van der Waals surface area contributed by atoms with Gasteiger partial charge in [-0.2, -0.15) is 25.2 Å². The molecule has 3 aliphatic rings. The number of Topliss-reactive ketones (excluding diaryl/α,β-unsaturated/α-hetero) is 2. The van der Waals surface area contributed by atoms with Gasteiger partial charge in [0.25, 0.3) is 11.4 Å². The third-order valence-electron chi connectivity index (χ3n) is 23.7. The second-order valence-electron chi connectivity index (χ2n) is 34.4. The normalized spacial score (nSPS) is 18.7. The zero-order valence-corrected chi connectivity index (χ0v) is 86.0. The number of esters is 3. The Bertz CT molecular complexity index is 6290. The molecular formula is C102H130N18O30. The minimum atomic E-state index is -1.12. The number of nitro benzene ring substituents is 2. The number of aliphatic carboxylic acids is 1. The van der Waals surface area contributed by atoms with E-state index in [1.165, 1.54) is 60.0 Å². The molecule has 0 radical (unpaired) electrons. The number of rotatable bonds is 53. The molecule has 12 atom stereocenters. The summed E-state index contributed by atoms with van der Waals surface area (Å²) in [6, 6.07) is 40.5. The zero-order chi connectivity index (χ0) is 109. The van der Waals surface area contributed by atoms with Gasteiger partial charge in [-0.3, -0.25) is 72.3 Å². The van der Waals surface area contributed by atoms with Gasteiger partial charge in [-0.05, 0) is 166 Å². The van der Waals surface area contributed by atoms with E-state index in [-0.39, 0.29) is 126 Å². The number of aryl methyl sites for hydroxylation is 3. The molecule has 2 amide bonds. The molecule has 6 aromatic carbocycles. The van der Waals surface area contributed by atoms with Gasteiger partial charge in [0.2, 0.25) is 11.8 Å². The molecule has 0 spiro atoms. The Morgan fingerprint density at radius 1 is 0.433 bits per heavy atom. The maximum Gasteiger partial charge on any atom is 0.349 e. The van der Waals surface area contributed by atoms with E-state index in [2.05, 4.69) is 72.8 Å². The molecule has 9 aromatic rings. The van der Waals surface area contributed by atoms with E-state index >= 15 is 0 Å². The topological polar surface area (TPSA) is 595 Å². The van der Waals surface area contributed by atoms with Crippen molar-refractivity contribution >= 4 is 120 Å². The van der Waals surface area contributed by atoms with Gasteiger partial charge in [0.05, 0.1) is 126 Å². The number of nitrogens with one attached hydrogen (secondary N) is 2. The number of azo groups is 2. The standard InChI is InChI=1S/C41H50N8O10.C21H31N3O8.C20H21N5O3.C20H28N2O9/c1-6-35-38(59-37(51)19-18-36(50)42-5)39(40(58-35)48-22-20-27(3)43-41(48)52)56-26-55-24-21-28(4)46-57-25-23-47(7-2)30-14-12-29(13-15-30)44-45-33-16-17-34(49(53)54)32-11-9-8-10-31(32)33;1-5-15-18(32-17(27)7-6-16(26)22-4)19(30-12-29-11-9-14(3)25)20(31-15)24-10-8-13(2)23-21(24)28;1-2-24(13-14-28-21)16-9-7-15(8-10-16)22-23-19-11-12-20(25(26)27)18-6-4-3-5-17(18)19;1-4-14-17(31-16(26)6-5-15(24)25)18(29-11-28-10-8-13(3)23)19(30-14)22-9-7-12(2)21-20(22)27/h8-17,20,22,35,38-40H,6-7,18-19,21,23-26H2,1-5H3,(H,42,50);8,10,15,18-20H,5-7,9,11-12H2,1-4H3,(H,22,26);3-12H,2,13-14,21H2,1H3;7,9,14,17-19H,4-6,8,10-11H2,1-3H3,(H,24,25)/b45-44?,46-28+;;;/t35-,38?,39+,40-;15-,18?,19+,20-;;14-,17?,18+,19-/m11.1/s1. The summed E-state index contributed by atoms with van der Waals surface area (Å²) in [6.07, 6.45) is -3.70. The first-order valence-electron chi connectivity index (χ1n) is 48.9. The van der Waals surface area contributed by atoms with E-state index in [0.717, 1.165) is 24.5 Å². The summed E-state index contributed by atoms with van der Waals surface area (Å²) >= 11 is 0. The molecule has 150 heavy (non-hydrogen) atoms. The van der Waals surface area contributed by atoms with Crippen LogP contribution in [0.1, 0.15) is 168 Å². The number of nitrogens with zero attached hydrogens (tertiary/aromatic N) is 15. The molecule has 3 fully saturated rings. The number of ether oxygens (including phenoxy) is 12. The first-order valence-corrected chi connectivity index (χ1v) is 48.9. The smallest absolute Gasteiger partial charge is 0.349 e. The first kappa shape index (κ1) is 119. The lowest BCUT2D eigenvalue weighted by atomic mass is 10.1. The number of nitro groups is 2. The molecule has 5 N–H and O–H groups in total. The van der Waals surface area contributed by atoms with Gasteiger partial charge in [0.15, 0.2) is 37.0 Å². The number of ketones is 2. The van der Waals surface area contributed by atoms with Crippen molar-refractivity contribution in [3.8, 4) is 0 Å². The minimum Gasteiger partial charge on any atom is -0.481 e. The number of hydrogen-bond donors (Lipinski definition) is 4. The number of oxime groups is 1. The summed E-state index contributed by atoms with van der Waals surface area (Å²) in [5.74, 6) is 1.48. The molecule has 48 heteroatoms. The lowest BCUT2D eigenvalue weighted by Gasteiger charge is -2.25. The van der Waals surface area contributed by atoms with Crippen LogP contribution in [-0.2, 0) is 105 Å². The second kappa shape index (κ2) is 61.3. The Labute approximate surface area is 863 Å². The van der Waals surface area contributed by atoms with Crippen LogP contribution in [0.4, 0.5) is 45.5 Å². The molecular weight excluding hydrogens is 1960 g/mol. The average molecular weight is 2090 g/mol. The maximum atomic E-state index is 12.8. The molecule has 3 aromatic heterocycles. The van der Waals surface area contributed by atoms with Crippen molar-refractivity contribution in [3.05, 3.63) is 227 Å². The molecule has 48 nitrogen and oxygen atoms in total. The summed E-state index contributed by atoms with van der Waals surface area (Å²) in [5, 5.41) is 60.3. The highest BCUT2D eigenvalue weighted by atomic mass is 16.7. The number of carboxylic acids is 1. The van der Waals surface area contributed by atoms with Crippen LogP contribution < -0.4 is 43.4 Å². The van der Waals surface area contributed by atoms with Crippen LogP contribution in [0, 0.1) is 41.0 Å². The van der Waals surface area contributed by atoms with E-state index in [1.807, 2.05) is 95.3 Å². The molecule has 3 saturated heterocycles. The molecule has 0 bridgehead atoms. The van der Waals surface area contributed by atoms with Crippen LogP contribution in [0.5, 0.6) is 0 Å². The summed E-state index contributed by atoms with van der Waals surface area (Å²) in [5.41, 5.74) is 5.26. The lowest BCUT2D eigenvalue weighted by molar-refractivity contribution is -0.383. The fourth-order valence-electron chi connectivity index (χ4n) is 15.7. The van der Waals surface area contributed by atoms with Crippen molar-refractivity contribution in [3.63, 3.8) is 0 Å². The minimum absolute atomic E-state index is 0.00977. The summed E-state index contributed by atoms with van der Waals surface area (Å²) in [6.45, 7) is 23.1. The first-order chi connectivity index (χ1) is 72.1. The molecule has 3 aliphatic heterocycles. The van der Waals surface area contributed by atoms with Crippen molar-refractivity contribution in [1.29, 1.82) is 0 Å². The number of hydrogen-bond acceptors (Lipinski definition) is 40. The highest BCUT2D eigenvalue weighted by Gasteiger charge is 2.52. The van der Waals surface area contributed by atoms with E-state index in [0.29, 0.717) is 119 Å². The van der Waals surface area contributed by atoms with E-state index in [1.54, 1.807) is 99.9 Å². The largest absolute Gasteiger partial charge is 0.481 e. The number of likely N-dealkylation sites (N-methyl/N-ethyl adjacent to an activating group) is 2. The molecule has 0 saturated carbocycles. The van der Waals surface area contributed by atoms with Gasteiger partial charge in [-0.15, -0.1) is 10.2 Å². The predicted octanol–water partition coefficient (Wildman–Crippen LogP) is 12.9. The van der Waals surface area contributed by atoms with Gasteiger partial charge < -0.3 is 92.1 Å². The molecule has 808 valence electrons. The number of amides is 2. The molecule has 0 aliphatic carbocycles. The Morgan fingerprint density at radius 3 is 1.09 bits per heavy atom. The summed E-state index contributed by atoms with van der Waals surface area (Å²) in [7, 11) is 2.98. The Balaban J connectivity index is 0.000000235. The van der Waals surface area contributed by atoms with E-state index in [9.17, 15) is 73.0 Å². The quantitative estimate of drug-likeness (QED) is 0.00402. The van der Waals surface area contributed by atoms with Gasteiger partial charge >= 0.3 is 40.9 Å². The number of nitrogens with two attached hydrogens (primary N) is 1.